The van der Waals surface area contributed by atoms with Gasteiger partial charge in [-0.05, 0) is 31.5 Å². The lowest BCUT2D eigenvalue weighted by Gasteiger charge is -2.23. The van der Waals surface area contributed by atoms with Crippen LogP contribution >= 0.6 is 23.2 Å². The van der Waals surface area contributed by atoms with Crippen molar-refractivity contribution in [2.24, 2.45) is 0 Å². The topological polar surface area (TPSA) is 55.4 Å². The van der Waals surface area contributed by atoms with Crippen LogP contribution in [0.15, 0.2) is 24.3 Å². The average Bonchev–Trinajstić information content (AvgIpc) is 2.76. The normalized spacial score (nSPS) is 13.0. The van der Waals surface area contributed by atoms with Crippen LogP contribution in [-0.4, -0.2) is 23.4 Å². The molecule has 1 atom stereocenters. The van der Waals surface area contributed by atoms with E-state index >= 15 is 0 Å². The van der Waals surface area contributed by atoms with Crippen molar-refractivity contribution in [1.29, 1.82) is 0 Å². The molecule has 0 saturated carbocycles. The Morgan fingerprint density at radius 1 is 0.875 bits per heavy atom. The maximum atomic E-state index is 12.5. The summed E-state index contributed by atoms with van der Waals surface area (Å²) in [6.07, 6.45) is 17.6. The van der Waals surface area contributed by atoms with Crippen molar-refractivity contribution < 1.29 is 14.3 Å². The maximum absolute atomic E-state index is 12.5. The van der Waals surface area contributed by atoms with Gasteiger partial charge in [-0.1, -0.05) is 120 Å². The lowest BCUT2D eigenvalue weighted by atomic mass is 10.0. The summed E-state index contributed by atoms with van der Waals surface area (Å²) in [6.45, 7) is 3.78. The highest BCUT2D eigenvalue weighted by molar-refractivity contribution is 6.46. The highest BCUT2D eigenvalue weighted by Crippen LogP contribution is 2.24. The van der Waals surface area contributed by atoms with Crippen LogP contribution in [0.5, 0.6) is 0 Å². The fourth-order valence-corrected chi connectivity index (χ4v) is 3.93. The van der Waals surface area contributed by atoms with Gasteiger partial charge in [0.25, 0.3) is 11.0 Å². The fourth-order valence-electron chi connectivity index (χ4n) is 3.61. The Bertz CT molecular complexity index is 668. The SMILES string of the molecule is CCCCCCCCCCCCCCCCOC(Cl)(C(C)=O)C(=O)Nc1cccc(Cl)c1. The van der Waals surface area contributed by atoms with Gasteiger partial charge in [-0.2, -0.15) is 0 Å². The summed E-state index contributed by atoms with van der Waals surface area (Å²) in [5, 5.41) is 1.07. The first-order valence-electron chi connectivity index (χ1n) is 12.3. The molecule has 182 valence electrons. The smallest absolute Gasteiger partial charge is 0.280 e. The molecule has 0 aliphatic rings. The van der Waals surface area contributed by atoms with Crippen LogP contribution in [0.2, 0.25) is 5.02 Å². The molecule has 0 aliphatic carbocycles. The van der Waals surface area contributed by atoms with Gasteiger partial charge in [0.2, 0.25) is 0 Å². The number of carbonyl (C=O) groups is 2. The second-order valence-electron chi connectivity index (χ2n) is 8.56. The maximum Gasteiger partial charge on any atom is 0.280 e. The summed E-state index contributed by atoms with van der Waals surface area (Å²) in [7, 11) is 0. The Labute approximate surface area is 204 Å². The third-order valence-electron chi connectivity index (χ3n) is 5.63. The Kier molecular flexibility index (Phi) is 15.7. The number of rotatable bonds is 19. The monoisotopic (exact) mass is 485 g/mol. The molecule has 1 unspecified atom stereocenters. The Morgan fingerprint density at radius 2 is 1.38 bits per heavy atom. The van der Waals surface area contributed by atoms with Gasteiger partial charge in [-0.25, -0.2) is 0 Å². The molecule has 0 bridgehead atoms. The third-order valence-corrected chi connectivity index (χ3v) is 6.41. The Balaban J connectivity index is 2.12. The number of nitrogens with one attached hydrogen (secondary N) is 1. The molecule has 1 aromatic carbocycles. The predicted octanol–water partition coefficient (Wildman–Crippen LogP) is 8.30. The molecule has 1 amide bonds. The van der Waals surface area contributed by atoms with Gasteiger partial charge in [0.1, 0.15) is 0 Å². The molecule has 0 aliphatic heterocycles. The standard InChI is InChI=1S/C26H41Cl2NO3/c1-3-4-5-6-7-8-9-10-11-12-13-14-15-16-20-32-26(28,22(2)30)25(31)29-24-19-17-18-23(27)21-24/h17-19,21H,3-16,20H2,1-2H3,(H,29,31). The van der Waals surface area contributed by atoms with E-state index in [1.165, 1.54) is 77.6 Å². The van der Waals surface area contributed by atoms with Crippen molar-refractivity contribution in [2.45, 2.75) is 109 Å². The van der Waals surface area contributed by atoms with E-state index in [4.69, 9.17) is 27.9 Å². The van der Waals surface area contributed by atoms with Crippen molar-refractivity contribution in [2.75, 3.05) is 11.9 Å². The molecule has 4 nitrogen and oxygen atoms in total. The predicted molar refractivity (Wildman–Crippen MR) is 136 cm³/mol. The van der Waals surface area contributed by atoms with E-state index in [9.17, 15) is 9.59 Å². The highest BCUT2D eigenvalue weighted by Gasteiger charge is 2.42. The molecular formula is C26H41Cl2NO3. The van der Waals surface area contributed by atoms with Crippen molar-refractivity contribution in [3.63, 3.8) is 0 Å². The first-order chi connectivity index (χ1) is 15.4. The van der Waals surface area contributed by atoms with Crippen LogP contribution in [0.25, 0.3) is 0 Å². The zero-order valence-electron chi connectivity index (χ0n) is 19.9. The number of ether oxygens (including phenoxy) is 1. The summed E-state index contributed by atoms with van der Waals surface area (Å²) >= 11 is 12.2. The average molecular weight is 487 g/mol. The second-order valence-corrected chi connectivity index (χ2v) is 9.53. The molecule has 1 aromatic rings. The first-order valence-corrected chi connectivity index (χ1v) is 13.1. The quantitative estimate of drug-likeness (QED) is 0.122. The summed E-state index contributed by atoms with van der Waals surface area (Å²) in [4.78, 5) is 24.5. The van der Waals surface area contributed by atoms with Gasteiger partial charge in [0.05, 0.1) is 0 Å². The molecule has 6 heteroatoms. The summed E-state index contributed by atoms with van der Waals surface area (Å²) < 4.78 is 5.53. The van der Waals surface area contributed by atoms with Crippen LogP contribution in [0, 0.1) is 0 Å². The molecule has 1 rings (SSSR count). The zero-order chi connectivity index (χ0) is 23.7. The molecule has 0 saturated heterocycles. The molecule has 0 spiro atoms. The number of hydrogen-bond donors (Lipinski definition) is 1. The number of hydrogen-bond acceptors (Lipinski definition) is 3. The van der Waals surface area contributed by atoms with Crippen LogP contribution < -0.4 is 5.32 Å². The second kappa shape index (κ2) is 17.4. The van der Waals surface area contributed by atoms with E-state index in [2.05, 4.69) is 12.2 Å². The van der Waals surface area contributed by atoms with Crippen molar-refractivity contribution in [3.05, 3.63) is 29.3 Å². The van der Waals surface area contributed by atoms with E-state index in [0.717, 1.165) is 19.3 Å². The molecule has 32 heavy (non-hydrogen) atoms. The van der Waals surface area contributed by atoms with Gasteiger partial charge < -0.3 is 10.1 Å². The molecular weight excluding hydrogens is 445 g/mol. The Morgan fingerprint density at radius 3 is 1.84 bits per heavy atom. The van der Waals surface area contributed by atoms with E-state index in [1.54, 1.807) is 24.3 Å². The van der Waals surface area contributed by atoms with Crippen LogP contribution in [0.1, 0.15) is 104 Å². The van der Waals surface area contributed by atoms with E-state index < -0.39 is 16.8 Å². The molecule has 0 aromatic heterocycles. The minimum Gasteiger partial charge on any atom is -0.345 e. The van der Waals surface area contributed by atoms with Gasteiger partial charge in [-0.15, -0.1) is 0 Å². The Hall–Kier alpha value is -1.10. The van der Waals surface area contributed by atoms with Crippen molar-refractivity contribution in [1.82, 2.24) is 0 Å². The molecule has 1 N–H and O–H groups in total. The minimum absolute atomic E-state index is 0.268. The third kappa shape index (κ3) is 12.2. The number of anilines is 1. The number of ketones is 1. The number of Topliss-reactive ketones (excluding diaryl/α,β-unsaturated/α-hetero) is 1. The lowest BCUT2D eigenvalue weighted by molar-refractivity contribution is -0.144. The van der Waals surface area contributed by atoms with Gasteiger partial charge in [-0.3, -0.25) is 9.59 Å². The van der Waals surface area contributed by atoms with Gasteiger partial charge in [0, 0.05) is 17.3 Å². The first kappa shape index (κ1) is 28.9. The fraction of sp³-hybridized carbons (Fsp3) is 0.692. The zero-order valence-corrected chi connectivity index (χ0v) is 21.4. The van der Waals surface area contributed by atoms with Crippen LogP contribution in [0.4, 0.5) is 5.69 Å². The number of unbranched alkanes of at least 4 members (excludes halogenated alkanes) is 13. The van der Waals surface area contributed by atoms with Crippen molar-refractivity contribution in [3.8, 4) is 0 Å². The minimum atomic E-state index is -2.02. The lowest BCUT2D eigenvalue weighted by Crippen LogP contribution is -2.46. The summed E-state index contributed by atoms with van der Waals surface area (Å²) in [6, 6.07) is 6.67. The number of benzene rings is 1. The highest BCUT2D eigenvalue weighted by atomic mass is 35.5. The van der Waals surface area contributed by atoms with E-state index in [0.29, 0.717) is 10.7 Å². The largest absolute Gasteiger partial charge is 0.345 e. The summed E-state index contributed by atoms with van der Waals surface area (Å²) in [5.74, 6) is -1.23. The molecule has 0 heterocycles. The number of alkyl halides is 1. The summed E-state index contributed by atoms with van der Waals surface area (Å²) in [5.41, 5.74) is 0.467. The van der Waals surface area contributed by atoms with Crippen LogP contribution in [-0.2, 0) is 14.3 Å². The van der Waals surface area contributed by atoms with Crippen LogP contribution in [0.3, 0.4) is 0 Å². The molecule has 0 radical (unpaired) electrons. The van der Waals surface area contributed by atoms with E-state index in [1.807, 2.05) is 0 Å². The van der Waals surface area contributed by atoms with Gasteiger partial charge >= 0.3 is 0 Å². The van der Waals surface area contributed by atoms with Gasteiger partial charge in [0.15, 0.2) is 5.78 Å². The number of halogens is 2. The number of carbonyl (C=O) groups excluding carboxylic acids is 2. The van der Waals surface area contributed by atoms with E-state index in [-0.39, 0.29) is 6.61 Å². The van der Waals surface area contributed by atoms with Crippen molar-refractivity contribution >= 4 is 40.6 Å². The molecule has 0 fully saturated rings. The number of amides is 1.